The van der Waals surface area contributed by atoms with Gasteiger partial charge in [-0.25, -0.2) is 12.8 Å². The van der Waals surface area contributed by atoms with Crippen molar-refractivity contribution >= 4 is 15.7 Å². The number of hydrogen-bond donors (Lipinski definition) is 1. The van der Waals surface area contributed by atoms with Gasteiger partial charge in [0, 0.05) is 0 Å². The van der Waals surface area contributed by atoms with E-state index in [4.69, 9.17) is 0 Å². The predicted octanol–water partition coefficient (Wildman–Crippen LogP) is 4.48. The lowest BCUT2D eigenvalue weighted by molar-refractivity contribution is 0.599. The second-order valence-electron chi connectivity index (χ2n) is 6.02. The quantitative estimate of drug-likeness (QED) is 0.899. The van der Waals surface area contributed by atoms with E-state index in [0.29, 0.717) is 5.56 Å². The maximum atomic E-state index is 13.7. The Morgan fingerprint density at radius 3 is 1.78 bits per heavy atom. The molecule has 2 aromatic carbocycles. The fourth-order valence-electron chi connectivity index (χ4n) is 2.73. The molecule has 2 aromatic rings. The van der Waals surface area contributed by atoms with Crippen LogP contribution in [0.2, 0.25) is 0 Å². The third-order valence-electron chi connectivity index (χ3n) is 4.62. The van der Waals surface area contributed by atoms with E-state index in [0.717, 1.165) is 27.8 Å². The van der Waals surface area contributed by atoms with Gasteiger partial charge >= 0.3 is 0 Å². The number of aryl methyl sites for hydroxylation is 1. The van der Waals surface area contributed by atoms with Crippen LogP contribution in [0.4, 0.5) is 10.1 Å². The van der Waals surface area contributed by atoms with Crippen molar-refractivity contribution in [1.29, 1.82) is 0 Å². The number of nitrogens with one attached hydrogen (secondary N) is 1. The molecule has 2 rings (SSSR count). The molecule has 0 amide bonds. The zero-order valence-corrected chi connectivity index (χ0v) is 15.2. The van der Waals surface area contributed by atoms with Gasteiger partial charge in [0.05, 0.1) is 10.6 Å². The summed E-state index contributed by atoms with van der Waals surface area (Å²) in [4.78, 5) is 0.277. The van der Waals surface area contributed by atoms with Gasteiger partial charge < -0.3 is 0 Å². The first kappa shape index (κ1) is 17.5. The van der Waals surface area contributed by atoms with Crippen molar-refractivity contribution in [2.24, 2.45) is 0 Å². The van der Waals surface area contributed by atoms with Gasteiger partial charge in [0.2, 0.25) is 0 Å². The van der Waals surface area contributed by atoms with E-state index < -0.39 is 15.8 Å². The number of halogens is 1. The van der Waals surface area contributed by atoms with Gasteiger partial charge in [0.1, 0.15) is 5.82 Å². The van der Waals surface area contributed by atoms with Crippen LogP contribution >= 0.6 is 0 Å². The Morgan fingerprint density at radius 2 is 1.30 bits per heavy atom. The predicted molar refractivity (Wildman–Crippen MR) is 92.1 cm³/mol. The van der Waals surface area contributed by atoms with Gasteiger partial charge in [-0.1, -0.05) is 6.07 Å². The van der Waals surface area contributed by atoms with Crippen molar-refractivity contribution in [2.45, 2.75) is 46.4 Å². The van der Waals surface area contributed by atoms with Crippen molar-refractivity contribution < 1.29 is 12.8 Å². The third kappa shape index (κ3) is 3.11. The first-order valence-corrected chi connectivity index (χ1v) is 8.90. The smallest absolute Gasteiger partial charge is 0.262 e. The van der Waals surface area contributed by atoms with E-state index >= 15 is 0 Å². The highest BCUT2D eigenvalue weighted by atomic mass is 32.2. The Kier molecular flexibility index (Phi) is 4.53. The van der Waals surface area contributed by atoms with Gasteiger partial charge in [0.25, 0.3) is 10.0 Å². The summed E-state index contributed by atoms with van der Waals surface area (Å²) in [5.41, 5.74) is 5.17. The molecule has 0 aliphatic heterocycles. The molecule has 0 aliphatic carbocycles. The van der Waals surface area contributed by atoms with Crippen molar-refractivity contribution in [3.63, 3.8) is 0 Å². The zero-order chi connectivity index (χ0) is 17.5. The largest absolute Gasteiger partial charge is 0.280 e. The summed E-state index contributed by atoms with van der Waals surface area (Å²) in [6.07, 6.45) is 0. The topological polar surface area (TPSA) is 46.2 Å². The summed E-state index contributed by atoms with van der Waals surface area (Å²) >= 11 is 0. The van der Waals surface area contributed by atoms with Gasteiger partial charge in [-0.3, -0.25) is 4.72 Å². The van der Waals surface area contributed by atoms with Crippen LogP contribution in [0.3, 0.4) is 0 Å². The monoisotopic (exact) mass is 335 g/mol. The summed E-state index contributed by atoms with van der Waals surface area (Å²) in [5.74, 6) is -0.435. The van der Waals surface area contributed by atoms with Crippen LogP contribution in [0.15, 0.2) is 23.1 Å². The van der Waals surface area contributed by atoms with Crippen LogP contribution in [-0.4, -0.2) is 8.42 Å². The van der Waals surface area contributed by atoms with Crippen LogP contribution in [-0.2, 0) is 10.0 Å². The fraction of sp³-hybridized carbons (Fsp3) is 0.333. The second-order valence-corrected chi connectivity index (χ2v) is 7.64. The molecular formula is C18H22FNO2S. The average Bonchev–Trinajstić information content (AvgIpc) is 2.46. The molecule has 0 bridgehead atoms. The summed E-state index contributed by atoms with van der Waals surface area (Å²) in [7, 11) is -3.78. The lowest BCUT2D eigenvalue weighted by Crippen LogP contribution is -2.17. The van der Waals surface area contributed by atoms with E-state index in [1.165, 1.54) is 6.07 Å². The van der Waals surface area contributed by atoms with E-state index in [2.05, 4.69) is 4.72 Å². The zero-order valence-electron chi connectivity index (χ0n) is 14.3. The summed E-state index contributed by atoms with van der Waals surface area (Å²) in [5, 5.41) is 0. The molecule has 0 atom stereocenters. The normalized spacial score (nSPS) is 11.6. The van der Waals surface area contributed by atoms with Crippen LogP contribution < -0.4 is 4.72 Å². The van der Waals surface area contributed by atoms with Crippen molar-refractivity contribution in [3.8, 4) is 0 Å². The Balaban J connectivity index is 2.58. The summed E-state index contributed by atoms with van der Waals surface area (Å²) < 4.78 is 41.8. The standard InChI is InChI=1S/C18H22FNO2S/c1-10-7-8-16(9-17(10)19)20-23(21,22)18-14(5)12(3)11(2)13(4)15(18)6/h7-9,20H,1-6H3. The Morgan fingerprint density at radius 1 is 0.826 bits per heavy atom. The van der Waals surface area contributed by atoms with E-state index in [9.17, 15) is 12.8 Å². The van der Waals surface area contributed by atoms with Crippen molar-refractivity contribution in [1.82, 2.24) is 0 Å². The number of hydrogen-bond acceptors (Lipinski definition) is 2. The molecule has 0 heterocycles. The SMILES string of the molecule is Cc1ccc(NS(=O)(=O)c2c(C)c(C)c(C)c(C)c2C)cc1F. The van der Waals surface area contributed by atoms with E-state index in [1.54, 1.807) is 32.9 Å². The summed E-state index contributed by atoms with van der Waals surface area (Å²) in [6, 6.07) is 4.32. The third-order valence-corrected chi connectivity index (χ3v) is 6.28. The maximum absolute atomic E-state index is 13.7. The van der Waals surface area contributed by atoms with Crippen LogP contribution in [0.25, 0.3) is 0 Å². The molecule has 0 radical (unpaired) electrons. The molecule has 1 N–H and O–H groups in total. The van der Waals surface area contributed by atoms with E-state index in [-0.39, 0.29) is 10.6 Å². The first-order chi connectivity index (χ1) is 10.6. The number of sulfonamides is 1. The van der Waals surface area contributed by atoms with Gasteiger partial charge in [0.15, 0.2) is 0 Å². The molecule has 23 heavy (non-hydrogen) atoms. The minimum absolute atomic E-state index is 0.225. The van der Waals surface area contributed by atoms with Crippen molar-refractivity contribution in [2.75, 3.05) is 4.72 Å². The second kappa shape index (κ2) is 5.96. The lowest BCUT2D eigenvalue weighted by Gasteiger charge is -2.19. The molecule has 124 valence electrons. The Bertz CT molecular complexity index is 857. The minimum atomic E-state index is -3.78. The average molecular weight is 335 g/mol. The molecule has 5 heteroatoms. The minimum Gasteiger partial charge on any atom is -0.280 e. The molecule has 0 saturated heterocycles. The number of anilines is 1. The molecule has 3 nitrogen and oxygen atoms in total. The fourth-order valence-corrected chi connectivity index (χ4v) is 4.38. The first-order valence-electron chi connectivity index (χ1n) is 7.42. The van der Waals surface area contributed by atoms with Crippen LogP contribution in [0.5, 0.6) is 0 Å². The highest BCUT2D eigenvalue weighted by Crippen LogP contribution is 2.31. The Labute approximate surface area is 137 Å². The Hall–Kier alpha value is -1.88. The highest BCUT2D eigenvalue weighted by molar-refractivity contribution is 7.92. The number of rotatable bonds is 3. The molecule has 0 aliphatic rings. The molecule has 0 aromatic heterocycles. The molecule has 0 saturated carbocycles. The molecule has 0 fully saturated rings. The van der Waals surface area contributed by atoms with E-state index in [1.807, 2.05) is 20.8 Å². The van der Waals surface area contributed by atoms with Crippen LogP contribution in [0.1, 0.15) is 33.4 Å². The lowest BCUT2D eigenvalue weighted by atomic mass is 9.95. The molecule has 0 unspecified atom stereocenters. The number of benzene rings is 2. The highest BCUT2D eigenvalue weighted by Gasteiger charge is 2.23. The van der Waals surface area contributed by atoms with Gasteiger partial charge in [-0.05, 0) is 87.1 Å². The molecule has 0 spiro atoms. The maximum Gasteiger partial charge on any atom is 0.262 e. The van der Waals surface area contributed by atoms with Crippen LogP contribution in [0, 0.1) is 47.4 Å². The summed E-state index contributed by atoms with van der Waals surface area (Å²) in [6.45, 7) is 11.1. The molecular weight excluding hydrogens is 313 g/mol. The van der Waals surface area contributed by atoms with Gasteiger partial charge in [-0.15, -0.1) is 0 Å². The van der Waals surface area contributed by atoms with Gasteiger partial charge in [-0.2, -0.15) is 0 Å². The van der Waals surface area contributed by atoms with Crippen molar-refractivity contribution in [3.05, 3.63) is 57.4 Å².